The molecule has 3 rings (SSSR count). The molecule has 0 amide bonds. The summed E-state index contributed by atoms with van der Waals surface area (Å²) in [5, 5.41) is 3.24. The third kappa shape index (κ3) is 2.15. The van der Waals surface area contributed by atoms with Gasteiger partial charge in [0.2, 0.25) is 0 Å². The van der Waals surface area contributed by atoms with Gasteiger partial charge < -0.3 is 10.3 Å². The zero-order valence-corrected chi connectivity index (χ0v) is 11.8. The number of H-pyrrole nitrogens is 1. The van der Waals surface area contributed by atoms with Crippen LogP contribution in [0.25, 0.3) is 11.0 Å². The van der Waals surface area contributed by atoms with Crippen molar-refractivity contribution in [1.82, 2.24) is 15.3 Å². The topological polar surface area (TPSA) is 74.8 Å². The summed E-state index contributed by atoms with van der Waals surface area (Å²) in [5.41, 5.74) is 1.34. The summed E-state index contributed by atoms with van der Waals surface area (Å²) in [4.78, 5) is 8.07. The predicted molar refractivity (Wildman–Crippen MR) is 74.0 cm³/mol. The van der Waals surface area contributed by atoms with Crippen LogP contribution in [0.1, 0.15) is 18.7 Å². The van der Waals surface area contributed by atoms with E-state index in [1.807, 2.05) is 6.07 Å². The maximum atomic E-state index is 11.8. The summed E-state index contributed by atoms with van der Waals surface area (Å²) in [6.45, 7) is 4.12. The van der Waals surface area contributed by atoms with E-state index in [1.54, 1.807) is 12.1 Å². The van der Waals surface area contributed by atoms with E-state index < -0.39 is 9.84 Å². The lowest BCUT2D eigenvalue weighted by molar-refractivity contribution is 0.297. The number of rotatable bonds is 3. The number of nitrogens with zero attached hydrogens (tertiary/aromatic N) is 1. The molecule has 1 aliphatic rings. The third-order valence-corrected chi connectivity index (χ3v) is 4.97. The number of para-hydroxylation sites is 1. The van der Waals surface area contributed by atoms with Crippen LogP contribution in [0.5, 0.6) is 0 Å². The van der Waals surface area contributed by atoms with E-state index in [2.05, 4.69) is 22.2 Å². The molecule has 1 atom stereocenters. The average molecular weight is 279 g/mol. The zero-order valence-electron chi connectivity index (χ0n) is 11.0. The Balaban J connectivity index is 2.10. The number of sulfone groups is 1. The van der Waals surface area contributed by atoms with Gasteiger partial charge in [-0.05, 0) is 31.1 Å². The molecular formula is C13H17N3O2S. The van der Waals surface area contributed by atoms with Crippen molar-refractivity contribution in [2.24, 2.45) is 5.92 Å². The Labute approximate surface area is 112 Å². The molecular weight excluding hydrogens is 262 g/mol. The van der Waals surface area contributed by atoms with Crippen molar-refractivity contribution < 1.29 is 8.42 Å². The Hall–Kier alpha value is -1.40. The minimum absolute atomic E-state index is 0.298. The van der Waals surface area contributed by atoms with Gasteiger partial charge in [-0.15, -0.1) is 0 Å². The van der Waals surface area contributed by atoms with Gasteiger partial charge in [0.1, 0.15) is 11.3 Å². The fourth-order valence-corrected chi connectivity index (χ4v) is 3.26. The first kappa shape index (κ1) is 12.6. The molecule has 0 aliphatic carbocycles. The highest BCUT2D eigenvalue weighted by Crippen LogP contribution is 2.28. The number of benzene rings is 1. The number of fused-ring (bicyclic) bond motifs is 1. The molecule has 1 unspecified atom stereocenters. The summed E-state index contributed by atoms with van der Waals surface area (Å²) in [5.74, 6) is 1.75. The summed E-state index contributed by atoms with van der Waals surface area (Å²) < 4.78 is 23.5. The van der Waals surface area contributed by atoms with E-state index in [9.17, 15) is 8.42 Å². The van der Waals surface area contributed by atoms with Crippen LogP contribution in [0, 0.1) is 5.92 Å². The Morgan fingerprint density at radius 2 is 2.11 bits per heavy atom. The van der Waals surface area contributed by atoms with Crippen LogP contribution < -0.4 is 5.32 Å². The molecule has 5 nitrogen and oxygen atoms in total. The number of hydrogen-bond acceptors (Lipinski definition) is 4. The molecule has 2 heterocycles. The highest BCUT2D eigenvalue weighted by molar-refractivity contribution is 7.91. The number of hydrogen-bond donors (Lipinski definition) is 2. The third-order valence-electron chi connectivity index (χ3n) is 3.84. The molecule has 6 heteroatoms. The Morgan fingerprint density at radius 1 is 1.37 bits per heavy atom. The molecule has 0 saturated carbocycles. The van der Waals surface area contributed by atoms with Crippen molar-refractivity contribution in [3.8, 4) is 0 Å². The van der Waals surface area contributed by atoms with Crippen molar-refractivity contribution in [2.45, 2.75) is 17.7 Å². The van der Waals surface area contributed by atoms with Crippen LogP contribution in [0.15, 0.2) is 23.1 Å². The fraction of sp³-hybridized carbons (Fsp3) is 0.462. The van der Waals surface area contributed by atoms with Gasteiger partial charge in [0.25, 0.3) is 0 Å². The van der Waals surface area contributed by atoms with Crippen LogP contribution in [0.3, 0.4) is 0 Å². The summed E-state index contributed by atoms with van der Waals surface area (Å²) in [6, 6.07) is 5.22. The van der Waals surface area contributed by atoms with E-state index in [-0.39, 0.29) is 0 Å². The summed E-state index contributed by atoms with van der Waals surface area (Å²) >= 11 is 0. The molecule has 1 fully saturated rings. The van der Waals surface area contributed by atoms with E-state index >= 15 is 0 Å². The second-order valence-electron chi connectivity index (χ2n) is 5.25. The van der Waals surface area contributed by atoms with Crippen LogP contribution in [-0.4, -0.2) is 37.7 Å². The van der Waals surface area contributed by atoms with Crippen LogP contribution in [0.4, 0.5) is 0 Å². The standard InChI is InChI=1S/C13H17N3O2S/c1-8(9-6-14-7-9)13-15-10-4-3-5-11(12(10)16-13)19(2,17)18/h3-5,8-9,14H,6-7H2,1-2H3,(H,15,16). The molecule has 19 heavy (non-hydrogen) atoms. The first-order valence-corrected chi connectivity index (χ1v) is 8.25. The Morgan fingerprint density at radius 3 is 2.68 bits per heavy atom. The van der Waals surface area contributed by atoms with Gasteiger partial charge in [-0.3, -0.25) is 0 Å². The van der Waals surface area contributed by atoms with Crippen molar-refractivity contribution in [3.63, 3.8) is 0 Å². The smallest absolute Gasteiger partial charge is 0.177 e. The van der Waals surface area contributed by atoms with E-state index in [0.29, 0.717) is 22.2 Å². The van der Waals surface area contributed by atoms with Crippen molar-refractivity contribution in [2.75, 3.05) is 19.3 Å². The highest BCUT2D eigenvalue weighted by Gasteiger charge is 2.27. The van der Waals surface area contributed by atoms with Crippen molar-refractivity contribution in [1.29, 1.82) is 0 Å². The van der Waals surface area contributed by atoms with E-state index in [1.165, 1.54) is 6.26 Å². The number of imidazole rings is 1. The molecule has 0 radical (unpaired) electrons. The van der Waals surface area contributed by atoms with Crippen molar-refractivity contribution >= 4 is 20.9 Å². The molecule has 1 aromatic carbocycles. The number of aromatic amines is 1. The molecule has 1 aliphatic heterocycles. The Kier molecular flexibility index (Phi) is 2.87. The van der Waals surface area contributed by atoms with Crippen molar-refractivity contribution in [3.05, 3.63) is 24.0 Å². The number of aromatic nitrogens is 2. The molecule has 102 valence electrons. The largest absolute Gasteiger partial charge is 0.342 e. The van der Waals surface area contributed by atoms with E-state index in [4.69, 9.17) is 0 Å². The lowest BCUT2D eigenvalue weighted by Gasteiger charge is -2.31. The van der Waals surface area contributed by atoms with Crippen LogP contribution in [0.2, 0.25) is 0 Å². The molecule has 1 aromatic heterocycles. The minimum atomic E-state index is -3.25. The zero-order chi connectivity index (χ0) is 13.6. The molecule has 2 N–H and O–H groups in total. The molecule has 2 aromatic rings. The predicted octanol–water partition coefficient (Wildman–Crippen LogP) is 1.29. The van der Waals surface area contributed by atoms with Gasteiger partial charge in [0, 0.05) is 12.2 Å². The fourth-order valence-electron chi connectivity index (χ4n) is 2.43. The first-order chi connectivity index (χ1) is 8.97. The lowest BCUT2D eigenvalue weighted by atomic mass is 9.88. The minimum Gasteiger partial charge on any atom is -0.342 e. The lowest BCUT2D eigenvalue weighted by Crippen LogP contribution is -2.44. The molecule has 0 bridgehead atoms. The van der Waals surface area contributed by atoms with Gasteiger partial charge in [-0.1, -0.05) is 13.0 Å². The monoisotopic (exact) mass is 279 g/mol. The second kappa shape index (κ2) is 4.31. The molecule has 1 saturated heterocycles. The second-order valence-corrected chi connectivity index (χ2v) is 7.24. The van der Waals surface area contributed by atoms with Gasteiger partial charge in [0.05, 0.1) is 10.4 Å². The first-order valence-electron chi connectivity index (χ1n) is 6.36. The van der Waals surface area contributed by atoms with Crippen LogP contribution >= 0.6 is 0 Å². The Bertz CT molecular complexity index is 717. The highest BCUT2D eigenvalue weighted by atomic mass is 32.2. The molecule has 0 spiro atoms. The van der Waals surface area contributed by atoms with Gasteiger partial charge in [-0.25, -0.2) is 13.4 Å². The maximum absolute atomic E-state index is 11.8. The van der Waals surface area contributed by atoms with Gasteiger partial charge in [-0.2, -0.15) is 0 Å². The summed E-state index contributed by atoms with van der Waals surface area (Å²) in [6.07, 6.45) is 1.22. The average Bonchev–Trinajstić information content (AvgIpc) is 2.67. The quantitative estimate of drug-likeness (QED) is 0.888. The van der Waals surface area contributed by atoms with Crippen LogP contribution in [-0.2, 0) is 9.84 Å². The van der Waals surface area contributed by atoms with Gasteiger partial charge >= 0.3 is 0 Å². The van der Waals surface area contributed by atoms with E-state index in [0.717, 1.165) is 24.4 Å². The SMILES string of the molecule is CC(c1nc2c(S(C)(=O)=O)cccc2[nH]1)C1CNC1. The van der Waals surface area contributed by atoms with Gasteiger partial charge in [0.15, 0.2) is 9.84 Å². The summed E-state index contributed by atoms with van der Waals surface area (Å²) in [7, 11) is -3.25. The maximum Gasteiger partial charge on any atom is 0.177 e. The normalized spacial score (nSPS) is 18.4. The number of nitrogens with one attached hydrogen (secondary N) is 2.